The number of likely N-dealkylation sites (tertiary alicyclic amines) is 1. The van der Waals surface area contributed by atoms with Crippen molar-refractivity contribution in [1.29, 1.82) is 0 Å². The topological polar surface area (TPSA) is 66.9 Å². The molecule has 2 aliphatic heterocycles. The number of para-hydroxylation sites is 1. The Balaban J connectivity index is 1.41. The molecule has 1 aromatic carbocycles. The minimum absolute atomic E-state index is 0.157. The van der Waals surface area contributed by atoms with E-state index < -0.39 is 12.0 Å². The number of benzene rings is 1. The molecule has 162 valence electrons. The van der Waals surface area contributed by atoms with E-state index in [9.17, 15) is 14.4 Å². The molecule has 7 heteroatoms. The van der Waals surface area contributed by atoms with Gasteiger partial charge < -0.3 is 14.5 Å². The lowest BCUT2D eigenvalue weighted by molar-refractivity contribution is -0.150. The molecule has 1 amide bonds. The number of fused-ring (bicyclic) bond motifs is 1. The smallest absolute Gasteiger partial charge is 0.329 e. The number of carbonyl (C=O) groups excluding carboxylic acids is 3. The molecule has 3 heterocycles. The van der Waals surface area contributed by atoms with Crippen LogP contribution in [0.2, 0.25) is 0 Å². The maximum absolute atomic E-state index is 12.7. The van der Waals surface area contributed by atoms with Gasteiger partial charge in [0.05, 0.1) is 4.88 Å². The van der Waals surface area contributed by atoms with Gasteiger partial charge in [0.2, 0.25) is 0 Å². The first-order valence-electron chi connectivity index (χ1n) is 10.4. The van der Waals surface area contributed by atoms with Crippen LogP contribution in [0.5, 0.6) is 0 Å². The average Bonchev–Trinajstić information content (AvgIpc) is 3.49. The minimum Gasteiger partial charge on any atom is -0.456 e. The monoisotopic (exact) mass is 438 g/mol. The second-order valence-corrected chi connectivity index (χ2v) is 9.39. The number of allylic oxidation sites excluding steroid dienone is 1. The highest BCUT2D eigenvalue weighted by Crippen LogP contribution is 2.46. The lowest BCUT2D eigenvalue weighted by atomic mass is 9.83. The first kappa shape index (κ1) is 21.3. The van der Waals surface area contributed by atoms with E-state index in [-0.39, 0.29) is 23.7 Å². The Morgan fingerprint density at radius 2 is 1.97 bits per heavy atom. The maximum Gasteiger partial charge on any atom is 0.329 e. The van der Waals surface area contributed by atoms with Gasteiger partial charge in [0.25, 0.3) is 5.91 Å². The number of rotatable bonds is 5. The van der Waals surface area contributed by atoms with E-state index in [1.165, 1.54) is 11.3 Å². The van der Waals surface area contributed by atoms with Crippen molar-refractivity contribution in [2.45, 2.75) is 38.1 Å². The number of thiophene rings is 1. The van der Waals surface area contributed by atoms with E-state index in [1.807, 2.05) is 41.6 Å². The lowest BCUT2D eigenvalue weighted by Crippen LogP contribution is -2.41. The number of ketones is 1. The summed E-state index contributed by atoms with van der Waals surface area (Å²) in [6.07, 6.45) is 2.86. The Kier molecular flexibility index (Phi) is 5.71. The third-order valence-electron chi connectivity index (χ3n) is 6.11. The quantitative estimate of drug-likeness (QED) is 0.525. The van der Waals surface area contributed by atoms with Crippen molar-refractivity contribution in [2.75, 3.05) is 25.1 Å². The molecule has 0 aliphatic carbocycles. The lowest BCUT2D eigenvalue weighted by Gasteiger charge is -2.24. The molecule has 0 N–H and O–H groups in total. The SMILES string of the molecule is CN1C(=CC(=O)COC(=O)C2CCCN2C(=O)c2cccs2)C(C)(C)c2ccccc21. The summed E-state index contributed by atoms with van der Waals surface area (Å²) in [7, 11) is 1.94. The van der Waals surface area contributed by atoms with Gasteiger partial charge in [-0.3, -0.25) is 9.59 Å². The highest BCUT2D eigenvalue weighted by molar-refractivity contribution is 7.12. The van der Waals surface area contributed by atoms with Crippen molar-refractivity contribution < 1.29 is 19.1 Å². The molecule has 0 spiro atoms. The summed E-state index contributed by atoms with van der Waals surface area (Å²) in [5.41, 5.74) is 2.77. The maximum atomic E-state index is 12.7. The van der Waals surface area contributed by atoms with Gasteiger partial charge in [0.1, 0.15) is 6.04 Å². The van der Waals surface area contributed by atoms with Crippen LogP contribution in [0.4, 0.5) is 5.69 Å². The van der Waals surface area contributed by atoms with Crippen LogP contribution >= 0.6 is 11.3 Å². The van der Waals surface area contributed by atoms with Crippen LogP contribution in [0, 0.1) is 0 Å². The zero-order valence-corrected chi connectivity index (χ0v) is 18.8. The van der Waals surface area contributed by atoms with Crippen molar-refractivity contribution in [2.24, 2.45) is 0 Å². The molecule has 6 nitrogen and oxygen atoms in total. The predicted molar refractivity (Wildman–Crippen MR) is 120 cm³/mol. The Labute approximate surface area is 186 Å². The van der Waals surface area contributed by atoms with Gasteiger partial charge in [0.15, 0.2) is 12.4 Å². The summed E-state index contributed by atoms with van der Waals surface area (Å²) in [4.78, 5) is 42.1. The molecule has 1 saturated heterocycles. The summed E-state index contributed by atoms with van der Waals surface area (Å²) >= 11 is 1.35. The van der Waals surface area contributed by atoms with Crippen molar-refractivity contribution >= 4 is 34.7 Å². The zero-order chi connectivity index (χ0) is 22.2. The second-order valence-electron chi connectivity index (χ2n) is 8.44. The van der Waals surface area contributed by atoms with E-state index in [0.717, 1.165) is 23.4 Å². The van der Waals surface area contributed by atoms with Crippen LogP contribution in [-0.4, -0.2) is 48.8 Å². The molecule has 2 aliphatic rings. The Morgan fingerprint density at radius 3 is 2.68 bits per heavy atom. The molecule has 1 fully saturated rings. The summed E-state index contributed by atoms with van der Waals surface area (Å²) < 4.78 is 5.33. The number of nitrogens with zero attached hydrogens (tertiary/aromatic N) is 2. The molecule has 4 rings (SSSR count). The van der Waals surface area contributed by atoms with Crippen molar-refractivity contribution in [3.8, 4) is 0 Å². The number of esters is 1. The standard InChI is InChI=1S/C24H26N2O4S/c1-24(2)17-8-4-5-9-18(17)25(3)21(24)14-16(27)15-30-23(29)19-10-6-12-26(19)22(28)20-11-7-13-31-20/h4-5,7-9,11,13-14,19H,6,10,12,15H2,1-3H3. The minimum atomic E-state index is -0.634. The van der Waals surface area contributed by atoms with Crippen LogP contribution in [0.1, 0.15) is 41.9 Å². The van der Waals surface area contributed by atoms with Crippen LogP contribution in [0.15, 0.2) is 53.6 Å². The molecule has 31 heavy (non-hydrogen) atoms. The predicted octanol–water partition coefficient (Wildman–Crippen LogP) is 3.78. The molecule has 1 unspecified atom stereocenters. The van der Waals surface area contributed by atoms with E-state index in [0.29, 0.717) is 17.8 Å². The van der Waals surface area contributed by atoms with Gasteiger partial charge in [-0.1, -0.05) is 38.1 Å². The molecule has 2 aromatic rings. The van der Waals surface area contributed by atoms with E-state index in [4.69, 9.17) is 4.74 Å². The number of ether oxygens (including phenoxy) is 1. The van der Waals surface area contributed by atoms with Gasteiger partial charge >= 0.3 is 5.97 Å². The third kappa shape index (κ3) is 3.90. The molecule has 1 atom stereocenters. The number of hydrogen-bond donors (Lipinski definition) is 0. The Bertz CT molecular complexity index is 1040. The van der Waals surface area contributed by atoms with Crippen LogP contribution in [0.25, 0.3) is 0 Å². The highest BCUT2D eigenvalue weighted by atomic mass is 32.1. The number of carbonyl (C=O) groups is 3. The molecule has 1 aromatic heterocycles. The fourth-order valence-electron chi connectivity index (χ4n) is 4.49. The molecule has 0 saturated carbocycles. The molecule has 0 radical (unpaired) electrons. The van der Waals surface area contributed by atoms with Gasteiger partial charge in [-0.2, -0.15) is 0 Å². The van der Waals surface area contributed by atoms with Crippen LogP contribution in [-0.2, 0) is 19.7 Å². The van der Waals surface area contributed by atoms with Gasteiger partial charge in [-0.15, -0.1) is 11.3 Å². The third-order valence-corrected chi connectivity index (χ3v) is 6.97. The molecule has 0 bridgehead atoms. The Hall–Kier alpha value is -2.93. The summed E-state index contributed by atoms with van der Waals surface area (Å²) in [5, 5.41) is 1.84. The number of likely N-dealkylation sites (N-methyl/N-ethyl adjacent to an activating group) is 1. The van der Waals surface area contributed by atoms with Gasteiger partial charge in [0, 0.05) is 36.5 Å². The van der Waals surface area contributed by atoms with E-state index in [1.54, 1.807) is 17.0 Å². The van der Waals surface area contributed by atoms with Crippen LogP contribution in [0.3, 0.4) is 0 Å². The highest BCUT2D eigenvalue weighted by Gasteiger charge is 2.39. The first-order chi connectivity index (χ1) is 14.8. The van der Waals surface area contributed by atoms with E-state index >= 15 is 0 Å². The molecular formula is C24H26N2O4S. The van der Waals surface area contributed by atoms with Gasteiger partial charge in [-0.25, -0.2) is 4.79 Å². The second kappa shape index (κ2) is 8.30. The van der Waals surface area contributed by atoms with Crippen molar-refractivity contribution in [1.82, 2.24) is 4.90 Å². The number of amides is 1. The fourth-order valence-corrected chi connectivity index (χ4v) is 5.17. The van der Waals surface area contributed by atoms with E-state index in [2.05, 4.69) is 19.9 Å². The summed E-state index contributed by atoms with van der Waals surface area (Å²) in [5.74, 6) is -0.948. The van der Waals surface area contributed by atoms with Crippen molar-refractivity contribution in [3.63, 3.8) is 0 Å². The zero-order valence-electron chi connectivity index (χ0n) is 18.0. The van der Waals surface area contributed by atoms with Crippen LogP contribution < -0.4 is 4.90 Å². The largest absolute Gasteiger partial charge is 0.456 e. The fraction of sp³-hybridized carbons (Fsp3) is 0.375. The number of anilines is 1. The summed E-state index contributed by atoms with van der Waals surface area (Å²) in [6, 6.07) is 11.0. The Morgan fingerprint density at radius 1 is 1.19 bits per heavy atom. The summed E-state index contributed by atoms with van der Waals surface area (Å²) in [6.45, 7) is 4.34. The normalized spacial score (nSPS) is 20.7. The first-order valence-corrected chi connectivity index (χ1v) is 11.3. The van der Waals surface area contributed by atoms with Crippen molar-refractivity contribution in [3.05, 3.63) is 64.0 Å². The van der Waals surface area contributed by atoms with Gasteiger partial charge in [-0.05, 0) is 35.9 Å². The average molecular weight is 439 g/mol. The molecular weight excluding hydrogens is 412 g/mol. The number of hydrogen-bond acceptors (Lipinski definition) is 6.